The summed E-state index contributed by atoms with van der Waals surface area (Å²) in [4.78, 5) is 0. The third-order valence-electron chi connectivity index (χ3n) is 1.41. The lowest BCUT2D eigenvalue weighted by Crippen LogP contribution is -2.13. The van der Waals surface area contributed by atoms with E-state index in [0.717, 1.165) is 6.21 Å². The molecule has 0 saturated heterocycles. The van der Waals surface area contributed by atoms with Crippen LogP contribution in [0.15, 0.2) is 21.7 Å². The van der Waals surface area contributed by atoms with Gasteiger partial charge in [-0.1, -0.05) is 5.16 Å². The van der Waals surface area contributed by atoms with E-state index < -0.39 is 5.60 Å². The maximum absolute atomic E-state index is 9.47. The molecule has 1 rings (SSSR count). The van der Waals surface area contributed by atoms with Crippen molar-refractivity contribution in [1.29, 1.82) is 0 Å². The topological polar surface area (TPSA) is 66.0 Å². The monoisotopic (exact) mass is 169 g/mol. The van der Waals surface area contributed by atoms with E-state index in [2.05, 4.69) is 5.16 Å². The predicted molar refractivity (Wildman–Crippen MR) is 43.3 cm³/mol. The van der Waals surface area contributed by atoms with Gasteiger partial charge in [0.2, 0.25) is 0 Å². The van der Waals surface area contributed by atoms with Gasteiger partial charge >= 0.3 is 0 Å². The summed E-state index contributed by atoms with van der Waals surface area (Å²) in [6.45, 7) is 3.23. The second-order valence-corrected chi connectivity index (χ2v) is 3.01. The van der Waals surface area contributed by atoms with Crippen LogP contribution in [-0.4, -0.2) is 16.5 Å². The quantitative estimate of drug-likeness (QED) is 0.398. The minimum atomic E-state index is -0.998. The van der Waals surface area contributed by atoms with Crippen molar-refractivity contribution < 1.29 is 14.7 Å². The SMILES string of the molecule is CC(C)(O)c1ccc(/C=N/O)o1. The molecule has 0 bridgehead atoms. The number of rotatable bonds is 2. The minimum Gasteiger partial charge on any atom is -0.457 e. The first kappa shape index (κ1) is 8.80. The molecule has 0 aliphatic carbocycles. The van der Waals surface area contributed by atoms with E-state index in [1.807, 2.05) is 0 Å². The first-order valence-electron chi connectivity index (χ1n) is 3.54. The van der Waals surface area contributed by atoms with Gasteiger partial charge in [0.25, 0.3) is 0 Å². The fraction of sp³-hybridized carbons (Fsp3) is 0.375. The zero-order valence-corrected chi connectivity index (χ0v) is 6.98. The third kappa shape index (κ3) is 1.85. The smallest absolute Gasteiger partial charge is 0.148 e. The van der Waals surface area contributed by atoms with E-state index in [1.165, 1.54) is 0 Å². The van der Waals surface area contributed by atoms with Gasteiger partial charge in [-0.25, -0.2) is 0 Å². The van der Waals surface area contributed by atoms with Crippen LogP contribution in [0.25, 0.3) is 0 Å². The van der Waals surface area contributed by atoms with Gasteiger partial charge < -0.3 is 14.7 Å². The van der Waals surface area contributed by atoms with Crippen molar-refractivity contribution >= 4 is 6.21 Å². The van der Waals surface area contributed by atoms with Crippen LogP contribution in [0.3, 0.4) is 0 Å². The van der Waals surface area contributed by atoms with Gasteiger partial charge in [-0.2, -0.15) is 0 Å². The fourth-order valence-electron chi connectivity index (χ4n) is 0.808. The zero-order chi connectivity index (χ0) is 9.19. The largest absolute Gasteiger partial charge is 0.457 e. The molecule has 4 nitrogen and oxygen atoms in total. The molecule has 0 fully saturated rings. The van der Waals surface area contributed by atoms with Crippen molar-refractivity contribution in [3.8, 4) is 0 Å². The van der Waals surface area contributed by atoms with Gasteiger partial charge in [0.1, 0.15) is 23.3 Å². The van der Waals surface area contributed by atoms with Crippen molar-refractivity contribution in [3.63, 3.8) is 0 Å². The third-order valence-corrected chi connectivity index (χ3v) is 1.41. The number of hydrogen-bond acceptors (Lipinski definition) is 4. The summed E-state index contributed by atoms with van der Waals surface area (Å²) in [5.74, 6) is 0.854. The Morgan fingerprint density at radius 2 is 2.17 bits per heavy atom. The van der Waals surface area contributed by atoms with Crippen LogP contribution in [0.5, 0.6) is 0 Å². The molecule has 0 aliphatic rings. The highest BCUT2D eigenvalue weighted by atomic mass is 16.4. The maximum Gasteiger partial charge on any atom is 0.148 e. The number of oxime groups is 1. The molecule has 0 amide bonds. The molecule has 2 N–H and O–H groups in total. The Kier molecular flexibility index (Phi) is 2.19. The molecule has 0 unspecified atom stereocenters. The van der Waals surface area contributed by atoms with Crippen molar-refractivity contribution in [1.82, 2.24) is 0 Å². The second kappa shape index (κ2) is 2.98. The van der Waals surface area contributed by atoms with E-state index >= 15 is 0 Å². The fourth-order valence-corrected chi connectivity index (χ4v) is 0.808. The highest BCUT2D eigenvalue weighted by Gasteiger charge is 2.19. The Labute approximate surface area is 70.1 Å². The van der Waals surface area contributed by atoms with Gasteiger partial charge in [-0.3, -0.25) is 0 Å². The maximum atomic E-state index is 9.47. The second-order valence-electron chi connectivity index (χ2n) is 3.01. The van der Waals surface area contributed by atoms with Gasteiger partial charge in [0, 0.05) is 0 Å². The molecule has 1 aromatic rings. The van der Waals surface area contributed by atoms with Crippen molar-refractivity contribution in [2.75, 3.05) is 0 Å². The molecule has 4 heteroatoms. The minimum absolute atomic E-state index is 0.412. The number of aliphatic hydroxyl groups is 1. The van der Waals surface area contributed by atoms with E-state index in [1.54, 1.807) is 26.0 Å². The van der Waals surface area contributed by atoms with Crippen molar-refractivity contribution in [2.45, 2.75) is 19.4 Å². The zero-order valence-electron chi connectivity index (χ0n) is 6.98. The molecule has 0 aliphatic heterocycles. The number of nitrogens with zero attached hydrogens (tertiary/aromatic N) is 1. The molecule has 1 aromatic heterocycles. The normalized spacial score (nSPS) is 12.6. The average Bonchev–Trinajstić information content (AvgIpc) is 2.35. The van der Waals surface area contributed by atoms with Gasteiger partial charge in [-0.15, -0.1) is 0 Å². The summed E-state index contributed by atoms with van der Waals surface area (Å²) >= 11 is 0. The molecular formula is C8H11NO3. The van der Waals surface area contributed by atoms with Crippen LogP contribution < -0.4 is 0 Å². The molecule has 0 radical (unpaired) electrons. The van der Waals surface area contributed by atoms with E-state index in [0.29, 0.717) is 11.5 Å². The van der Waals surface area contributed by atoms with Crippen molar-refractivity contribution in [3.05, 3.63) is 23.7 Å². The molecule has 1 heterocycles. The van der Waals surface area contributed by atoms with Crippen LogP contribution >= 0.6 is 0 Å². The number of furan rings is 1. The summed E-state index contributed by atoms with van der Waals surface area (Å²) in [6.07, 6.45) is 1.16. The molecule has 0 saturated carbocycles. The van der Waals surface area contributed by atoms with E-state index in [4.69, 9.17) is 9.62 Å². The van der Waals surface area contributed by atoms with Crippen LogP contribution in [0, 0.1) is 0 Å². The Bertz CT molecular complexity index is 283. The van der Waals surface area contributed by atoms with Gasteiger partial charge in [0.15, 0.2) is 0 Å². The molecule has 0 atom stereocenters. The summed E-state index contributed by atoms with van der Waals surface area (Å²) in [5, 5.41) is 20.4. The Morgan fingerprint density at radius 3 is 2.58 bits per heavy atom. The summed E-state index contributed by atoms with van der Waals surface area (Å²) in [5.41, 5.74) is -0.998. The highest BCUT2D eigenvalue weighted by Crippen LogP contribution is 2.20. The standard InChI is InChI=1S/C8H11NO3/c1-8(2,10)7-4-3-6(12-7)5-9-11/h3-5,10-11H,1-2H3/b9-5+. The number of hydrogen-bond donors (Lipinski definition) is 2. The molecule has 12 heavy (non-hydrogen) atoms. The lowest BCUT2D eigenvalue weighted by Gasteiger charge is -2.12. The van der Waals surface area contributed by atoms with Crippen LogP contribution in [0.4, 0.5) is 0 Å². The molecule has 0 aromatic carbocycles. The Hall–Kier alpha value is -1.29. The first-order valence-corrected chi connectivity index (χ1v) is 3.54. The van der Waals surface area contributed by atoms with Crippen molar-refractivity contribution in [2.24, 2.45) is 5.16 Å². The molecular weight excluding hydrogens is 158 g/mol. The molecule has 0 spiro atoms. The lowest BCUT2D eigenvalue weighted by atomic mass is 10.1. The van der Waals surface area contributed by atoms with Crippen LogP contribution in [-0.2, 0) is 5.60 Å². The lowest BCUT2D eigenvalue weighted by molar-refractivity contribution is 0.0539. The summed E-state index contributed by atoms with van der Waals surface area (Å²) in [6, 6.07) is 3.25. The van der Waals surface area contributed by atoms with Gasteiger partial charge in [-0.05, 0) is 26.0 Å². The van der Waals surface area contributed by atoms with E-state index in [-0.39, 0.29) is 0 Å². The first-order chi connectivity index (χ1) is 5.54. The van der Waals surface area contributed by atoms with Crippen LogP contribution in [0.1, 0.15) is 25.4 Å². The molecule has 66 valence electrons. The Balaban J connectivity index is 2.92. The van der Waals surface area contributed by atoms with Crippen LogP contribution in [0.2, 0.25) is 0 Å². The Morgan fingerprint density at radius 1 is 1.50 bits per heavy atom. The summed E-state index contributed by atoms with van der Waals surface area (Å²) < 4.78 is 5.13. The van der Waals surface area contributed by atoms with E-state index in [9.17, 15) is 5.11 Å². The average molecular weight is 169 g/mol. The predicted octanol–water partition coefficient (Wildman–Crippen LogP) is 1.32. The van der Waals surface area contributed by atoms with Gasteiger partial charge in [0.05, 0.1) is 0 Å². The highest BCUT2D eigenvalue weighted by molar-refractivity contribution is 5.75. The summed E-state index contributed by atoms with van der Waals surface area (Å²) in [7, 11) is 0.